The van der Waals surface area contributed by atoms with E-state index >= 15 is 9.59 Å². The van der Waals surface area contributed by atoms with Crippen molar-refractivity contribution in [3.63, 3.8) is 0 Å². The third kappa shape index (κ3) is 21.0. The van der Waals surface area contributed by atoms with Gasteiger partial charge in [-0.15, -0.1) is 0 Å². The van der Waals surface area contributed by atoms with E-state index in [4.69, 9.17) is 0 Å². The van der Waals surface area contributed by atoms with Gasteiger partial charge >= 0.3 is 0 Å². The monoisotopic (exact) mass is 1220 g/mol. The number of allylic oxidation sites excluding steroid dienone is 2. The molecule has 1 aliphatic heterocycles. The van der Waals surface area contributed by atoms with Crippen molar-refractivity contribution < 1.29 is 57.8 Å². The van der Waals surface area contributed by atoms with Crippen LogP contribution in [-0.2, 0) is 52.7 Å². The molecule has 1 aliphatic rings. The number of carbonyl (C=O) groups excluding carboxylic acids is 11. The maximum Gasteiger partial charge on any atom is 0.246 e. The number of carbonyl (C=O) groups is 11. The Morgan fingerprint density at radius 2 is 0.802 bits per heavy atom. The van der Waals surface area contributed by atoms with E-state index in [1.54, 1.807) is 54.5 Å². The summed E-state index contributed by atoms with van der Waals surface area (Å²) in [5.41, 5.74) is 0. The summed E-state index contributed by atoms with van der Waals surface area (Å²) in [6.07, 6.45) is 3.06. The standard InChI is InChI=1S/C63H113N11O12/c1-26-28-29-41(15)53(76)52-56(79)66-44(27-2)58(81)67(18)34-49(75)68(19)46(31-36(5)6)60(83)72(23)50(39(11)12)62(85)69(20)45(30-35(3)4)55(78)64-42(16)54(77)65-43(17)57(80)70(21)47(32-37(7)8)59(82)71(22)48(33-38(9)10)61(84)73(24)51(40(13)14)63(86)74(52)25/h26,28,35-48,50-53,76H,27,29-34H2,1-25H3,(H,64,78)(H,65,77)(H,66,79)/b28-26+/t41-,42+,43-,44+,45+,46+,47+,48+,50+,51+,52?,53-/m1/s1. The molecule has 492 valence electrons. The number of hydrogen-bond donors (Lipinski definition) is 4. The van der Waals surface area contributed by atoms with Crippen LogP contribution in [0.5, 0.6) is 0 Å². The summed E-state index contributed by atoms with van der Waals surface area (Å²) in [6.45, 7) is 29.5. The maximum absolute atomic E-state index is 15.2. The quantitative estimate of drug-likeness (QED) is 0.171. The Balaban J connectivity index is 4.37. The Labute approximate surface area is 515 Å². The molecule has 0 saturated carbocycles. The fourth-order valence-corrected chi connectivity index (χ4v) is 11.2. The number of hydrogen-bond acceptors (Lipinski definition) is 12. The topological polar surface area (TPSA) is 270 Å². The molecule has 0 aromatic rings. The van der Waals surface area contributed by atoms with Crippen LogP contribution in [-0.4, -0.2) is 239 Å². The van der Waals surface area contributed by atoms with Gasteiger partial charge in [0, 0.05) is 56.4 Å². The van der Waals surface area contributed by atoms with Gasteiger partial charge in [0.2, 0.25) is 65.0 Å². The number of nitrogens with one attached hydrogen (secondary N) is 3. The third-order valence-corrected chi connectivity index (χ3v) is 16.5. The predicted octanol–water partition coefficient (Wildman–Crippen LogP) is 3.61. The number of likely N-dealkylation sites (N-methyl/N-ethyl adjacent to an activating group) is 8. The third-order valence-electron chi connectivity index (χ3n) is 16.5. The van der Waals surface area contributed by atoms with Crippen LogP contribution in [0.15, 0.2) is 12.2 Å². The van der Waals surface area contributed by atoms with Crippen LogP contribution >= 0.6 is 0 Å². The number of aliphatic hydroxyl groups is 1. The zero-order chi connectivity index (χ0) is 66.8. The molecule has 0 bridgehead atoms. The molecule has 1 heterocycles. The molecular formula is C63H113N11O12. The van der Waals surface area contributed by atoms with Crippen LogP contribution in [0.1, 0.15) is 156 Å². The highest BCUT2D eigenvalue weighted by Gasteiger charge is 2.46. The Morgan fingerprint density at radius 1 is 0.442 bits per heavy atom. The smallest absolute Gasteiger partial charge is 0.246 e. The summed E-state index contributed by atoms with van der Waals surface area (Å²) in [6, 6.07) is -12.3. The van der Waals surface area contributed by atoms with Crippen molar-refractivity contribution in [2.75, 3.05) is 62.9 Å². The minimum absolute atomic E-state index is 0.0237. The molecule has 23 heteroatoms. The first kappa shape index (κ1) is 77.9. The summed E-state index contributed by atoms with van der Waals surface area (Å²) in [4.78, 5) is 171. The van der Waals surface area contributed by atoms with Gasteiger partial charge in [-0.05, 0) is 101 Å². The second-order valence-electron chi connectivity index (χ2n) is 26.5. The van der Waals surface area contributed by atoms with Crippen LogP contribution in [0.2, 0.25) is 0 Å². The lowest BCUT2D eigenvalue weighted by Crippen LogP contribution is -2.63. The van der Waals surface area contributed by atoms with E-state index in [2.05, 4.69) is 16.0 Å². The van der Waals surface area contributed by atoms with E-state index < -0.39 is 156 Å². The van der Waals surface area contributed by atoms with Crippen LogP contribution in [0.25, 0.3) is 0 Å². The van der Waals surface area contributed by atoms with E-state index in [0.717, 1.165) is 9.80 Å². The molecule has 0 aromatic carbocycles. The van der Waals surface area contributed by atoms with Crippen LogP contribution < -0.4 is 16.0 Å². The summed E-state index contributed by atoms with van der Waals surface area (Å²) in [5, 5.41) is 20.3. The predicted molar refractivity (Wildman–Crippen MR) is 333 cm³/mol. The van der Waals surface area contributed by atoms with Gasteiger partial charge in [-0.25, -0.2) is 0 Å². The molecule has 86 heavy (non-hydrogen) atoms. The summed E-state index contributed by atoms with van der Waals surface area (Å²) in [5.74, 6) is -9.54. The number of rotatable bonds is 15. The Bertz CT molecular complexity index is 2360. The highest BCUT2D eigenvalue weighted by molar-refractivity contribution is 5.99. The van der Waals surface area contributed by atoms with Crippen LogP contribution in [0.3, 0.4) is 0 Å². The van der Waals surface area contributed by atoms with Crippen molar-refractivity contribution in [3.05, 3.63) is 12.2 Å². The summed E-state index contributed by atoms with van der Waals surface area (Å²) < 4.78 is 0. The van der Waals surface area contributed by atoms with E-state index in [-0.39, 0.29) is 55.8 Å². The van der Waals surface area contributed by atoms with E-state index in [9.17, 15) is 48.3 Å². The molecule has 23 nitrogen and oxygen atoms in total. The fraction of sp³-hybridized carbons (Fsp3) is 0.794. The van der Waals surface area contributed by atoms with Crippen molar-refractivity contribution in [1.29, 1.82) is 0 Å². The summed E-state index contributed by atoms with van der Waals surface area (Å²) >= 11 is 0. The first-order valence-electron chi connectivity index (χ1n) is 31.0. The number of aliphatic hydroxyl groups excluding tert-OH is 1. The zero-order valence-corrected chi connectivity index (χ0v) is 57.0. The maximum atomic E-state index is 15.2. The minimum Gasteiger partial charge on any atom is -0.390 e. The largest absolute Gasteiger partial charge is 0.390 e. The number of amides is 11. The molecule has 1 rings (SSSR count). The van der Waals surface area contributed by atoms with Crippen molar-refractivity contribution in [2.24, 2.45) is 41.4 Å². The highest BCUT2D eigenvalue weighted by atomic mass is 16.3. The lowest BCUT2D eigenvalue weighted by Gasteiger charge is -2.41. The van der Waals surface area contributed by atoms with Gasteiger partial charge in [0.25, 0.3) is 0 Å². The average Bonchev–Trinajstić information content (AvgIpc) is 1.52. The van der Waals surface area contributed by atoms with Gasteiger partial charge < -0.3 is 60.3 Å². The lowest BCUT2D eigenvalue weighted by molar-refractivity contribution is -0.157. The average molecular weight is 1220 g/mol. The second-order valence-corrected chi connectivity index (χ2v) is 26.5. The summed E-state index contributed by atoms with van der Waals surface area (Å²) in [7, 11) is 11.4. The first-order chi connectivity index (χ1) is 39.6. The van der Waals surface area contributed by atoms with Gasteiger partial charge in [-0.1, -0.05) is 109 Å². The van der Waals surface area contributed by atoms with Gasteiger partial charge in [0.05, 0.1) is 12.6 Å². The molecule has 0 spiro atoms. The minimum atomic E-state index is -1.61. The van der Waals surface area contributed by atoms with E-state index in [1.807, 2.05) is 61.5 Å². The molecule has 1 fully saturated rings. The molecular weight excluding hydrogens is 1100 g/mol. The second kappa shape index (κ2) is 35.0. The molecule has 1 unspecified atom stereocenters. The van der Waals surface area contributed by atoms with Crippen molar-refractivity contribution >= 4 is 65.0 Å². The lowest BCUT2D eigenvalue weighted by atomic mass is 9.91. The fourth-order valence-electron chi connectivity index (χ4n) is 11.2. The molecule has 11 amide bonds. The van der Waals surface area contributed by atoms with Crippen molar-refractivity contribution in [2.45, 2.75) is 223 Å². The van der Waals surface area contributed by atoms with Gasteiger partial charge in [0.15, 0.2) is 0 Å². The van der Waals surface area contributed by atoms with Crippen LogP contribution in [0, 0.1) is 41.4 Å². The van der Waals surface area contributed by atoms with Crippen molar-refractivity contribution in [1.82, 2.24) is 55.1 Å². The first-order valence-corrected chi connectivity index (χ1v) is 31.0. The van der Waals surface area contributed by atoms with E-state index in [1.165, 1.54) is 99.6 Å². The van der Waals surface area contributed by atoms with Crippen LogP contribution in [0.4, 0.5) is 0 Å². The van der Waals surface area contributed by atoms with E-state index in [0.29, 0.717) is 6.42 Å². The SMILES string of the molecule is C/C=C/C[C@@H](C)[C@@H](O)C1C(=O)N[C@@H](CC)C(=O)N(C)CC(=O)N(C)[C@@H](CC(C)C)C(=O)N(C)[C@@H](C(C)C)C(=O)N(C)[C@@H](CC(C)C)C(=O)N[C@@H](C)C(=O)N[C@H](C)C(=O)N(C)[C@@H](CC(C)C)C(=O)N(C)[C@@H](CC(C)C)C(=O)N(C)[C@@H](C(C)C)C(=O)N1C. The molecule has 4 N–H and O–H groups in total. The normalized spacial score (nSPS) is 26.9. The molecule has 0 aromatic heterocycles. The highest BCUT2D eigenvalue weighted by Crippen LogP contribution is 2.26. The van der Waals surface area contributed by atoms with Gasteiger partial charge in [-0.2, -0.15) is 0 Å². The molecule has 1 saturated heterocycles. The Hall–Kier alpha value is -6.13. The Kier molecular flexibility index (Phi) is 31.7. The zero-order valence-electron chi connectivity index (χ0n) is 57.0. The molecule has 12 atom stereocenters. The molecule has 0 aliphatic carbocycles. The Morgan fingerprint density at radius 3 is 1.21 bits per heavy atom. The van der Waals surface area contributed by atoms with Gasteiger partial charge in [0.1, 0.15) is 60.4 Å². The van der Waals surface area contributed by atoms with Gasteiger partial charge in [-0.3, -0.25) is 52.7 Å². The molecule has 0 radical (unpaired) electrons. The number of nitrogens with zero attached hydrogens (tertiary/aromatic N) is 8. The van der Waals surface area contributed by atoms with Crippen molar-refractivity contribution in [3.8, 4) is 0 Å².